The average Bonchev–Trinajstić information content (AvgIpc) is 3.15. The van der Waals surface area contributed by atoms with E-state index in [1.807, 2.05) is 13.8 Å². The Kier molecular flexibility index (Phi) is 7.64. The van der Waals surface area contributed by atoms with Crippen molar-refractivity contribution in [2.24, 2.45) is 0 Å². The number of carbonyl (C=O) groups excluding carboxylic acids is 2. The molecule has 1 atom stereocenters. The van der Waals surface area contributed by atoms with Crippen LogP contribution in [0.1, 0.15) is 39.5 Å². The van der Waals surface area contributed by atoms with Crippen molar-refractivity contribution in [3.8, 4) is 0 Å². The van der Waals surface area contributed by atoms with Crippen molar-refractivity contribution in [3.63, 3.8) is 0 Å². The van der Waals surface area contributed by atoms with Crippen molar-refractivity contribution in [2.75, 3.05) is 13.2 Å². The summed E-state index contributed by atoms with van der Waals surface area (Å²) in [4.78, 5) is 24.3. The normalized spacial score (nSPS) is 17.9. The number of nitrogens with one attached hydrogen (secondary N) is 1. The molecule has 1 saturated heterocycles. The highest BCUT2D eigenvalue weighted by molar-refractivity contribution is 7.89. The molecule has 1 aromatic rings. The van der Waals surface area contributed by atoms with E-state index >= 15 is 0 Å². The molecule has 1 heterocycles. The van der Waals surface area contributed by atoms with Gasteiger partial charge in [-0.05, 0) is 49.9 Å². The van der Waals surface area contributed by atoms with Crippen molar-refractivity contribution in [3.05, 3.63) is 29.3 Å². The van der Waals surface area contributed by atoms with Crippen molar-refractivity contribution >= 4 is 33.5 Å². The summed E-state index contributed by atoms with van der Waals surface area (Å²) in [6.45, 7) is 3.72. The van der Waals surface area contributed by atoms with E-state index < -0.39 is 28.6 Å². The van der Waals surface area contributed by atoms with E-state index in [2.05, 4.69) is 5.32 Å². The van der Waals surface area contributed by atoms with Gasteiger partial charge in [0, 0.05) is 17.6 Å². The van der Waals surface area contributed by atoms with Gasteiger partial charge in [-0.3, -0.25) is 9.59 Å². The van der Waals surface area contributed by atoms with Crippen molar-refractivity contribution in [1.82, 2.24) is 9.62 Å². The van der Waals surface area contributed by atoms with Gasteiger partial charge in [0.25, 0.3) is 5.91 Å². The maximum absolute atomic E-state index is 12.8. The fourth-order valence-corrected chi connectivity index (χ4v) is 4.77. The molecule has 27 heavy (non-hydrogen) atoms. The first-order valence-electron chi connectivity index (χ1n) is 9.03. The number of rotatable bonds is 8. The second kappa shape index (κ2) is 9.52. The molecule has 1 amide bonds. The molecule has 150 valence electrons. The summed E-state index contributed by atoms with van der Waals surface area (Å²) in [5.41, 5.74) is 0. The molecule has 0 aliphatic carbocycles. The van der Waals surface area contributed by atoms with Gasteiger partial charge in [-0.15, -0.1) is 0 Å². The zero-order valence-electron chi connectivity index (χ0n) is 15.5. The molecular weight excluding hydrogens is 392 g/mol. The maximum Gasteiger partial charge on any atom is 0.324 e. The second-order valence-corrected chi connectivity index (χ2v) is 8.74. The van der Waals surface area contributed by atoms with Crippen LogP contribution in [0.2, 0.25) is 5.02 Å². The molecule has 0 spiro atoms. The number of benzene rings is 1. The molecule has 0 bridgehead atoms. The van der Waals surface area contributed by atoms with Gasteiger partial charge in [-0.25, -0.2) is 8.42 Å². The quantitative estimate of drug-likeness (QED) is 0.656. The highest BCUT2D eigenvalue weighted by atomic mass is 35.5. The van der Waals surface area contributed by atoms with Crippen LogP contribution in [-0.2, 0) is 24.3 Å². The molecule has 1 N–H and O–H groups in total. The van der Waals surface area contributed by atoms with Crippen molar-refractivity contribution in [1.29, 1.82) is 0 Å². The summed E-state index contributed by atoms with van der Waals surface area (Å²) >= 11 is 5.81. The lowest BCUT2D eigenvalue weighted by atomic mass is 10.2. The molecule has 1 aromatic carbocycles. The second-order valence-electron chi connectivity index (χ2n) is 6.42. The third-order valence-electron chi connectivity index (χ3n) is 4.59. The molecule has 7 nitrogen and oxygen atoms in total. The van der Waals surface area contributed by atoms with Gasteiger partial charge in [0.15, 0.2) is 6.61 Å². The standard InChI is InChI=1S/C18H25ClN2O5S/c1-3-14(4-2)20-17(22)12-26-18(23)16-6-5-11-21(16)27(24,25)15-9-7-13(19)8-10-15/h7-10,14,16H,3-6,11-12H2,1-2H3,(H,20,22)/t16-/m0/s1. The van der Waals surface area contributed by atoms with Gasteiger partial charge in [-0.2, -0.15) is 4.31 Å². The number of carbonyl (C=O) groups is 2. The summed E-state index contributed by atoms with van der Waals surface area (Å²) in [7, 11) is -3.84. The lowest BCUT2D eigenvalue weighted by Gasteiger charge is -2.23. The summed E-state index contributed by atoms with van der Waals surface area (Å²) in [5, 5.41) is 3.20. The SMILES string of the molecule is CCC(CC)NC(=O)COC(=O)[C@@H]1CCCN1S(=O)(=O)c1ccc(Cl)cc1. The van der Waals surface area contributed by atoms with E-state index in [1.54, 1.807) is 0 Å². The molecule has 9 heteroatoms. The van der Waals surface area contributed by atoms with Crippen LogP contribution in [0, 0.1) is 0 Å². The molecule has 0 saturated carbocycles. The molecule has 2 rings (SSSR count). The van der Waals surface area contributed by atoms with Crippen LogP contribution in [-0.4, -0.2) is 49.8 Å². The number of esters is 1. The van der Waals surface area contributed by atoms with Gasteiger partial charge in [0.1, 0.15) is 6.04 Å². The van der Waals surface area contributed by atoms with Crippen LogP contribution in [0.4, 0.5) is 0 Å². The van der Waals surface area contributed by atoms with Gasteiger partial charge in [-0.1, -0.05) is 25.4 Å². The number of hydrogen-bond donors (Lipinski definition) is 1. The first kappa shape index (κ1) is 21.7. The minimum Gasteiger partial charge on any atom is -0.454 e. The third-order valence-corrected chi connectivity index (χ3v) is 6.77. The summed E-state index contributed by atoms with van der Waals surface area (Å²) in [6.07, 6.45) is 2.48. The van der Waals surface area contributed by atoms with E-state index in [9.17, 15) is 18.0 Å². The zero-order chi connectivity index (χ0) is 20.0. The predicted octanol–water partition coefficient (Wildman–Crippen LogP) is 2.34. The molecule has 1 aliphatic heterocycles. The Morgan fingerprint density at radius 1 is 1.26 bits per heavy atom. The Morgan fingerprint density at radius 3 is 2.48 bits per heavy atom. The Labute approximate surface area is 165 Å². The fourth-order valence-electron chi connectivity index (χ4n) is 3.00. The van der Waals surface area contributed by atoms with Gasteiger partial charge in [0.2, 0.25) is 10.0 Å². The number of ether oxygens (including phenoxy) is 1. The Balaban J connectivity index is 2.01. The van der Waals surface area contributed by atoms with Crippen LogP contribution in [0.3, 0.4) is 0 Å². The minimum absolute atomic E-state index is 0.0319. The summed E-state index contributed by atoms with van der Waals surface area (Å²) < 4.78 is 31.9. The number of amides is 1. The van der Waals surface area contributed by atoms with Crippen LogP contribution in [0.5, 0.6) is 0 Å². The first-order valence-corrected chi connectivity index (χ1v) is 10.8. The molecular formula is C18H25ClN2O5S. The smallest absolute Gasteiger partial charge is 0.324 e. The molecule has 1 fully saturated rings. The van der Waals surface area contributed by atoms with E-state index in [0.717, 1.165) is 17.1 Å². The minimum atomic E-state index is -3.84. The highest BCUT2D eigenvalue weighted by Gasteiger charge is 2.40. The average molecular weight is 417 g/mol. The molecule has 0 radical (unpaired) electrons. The molecule has 0 aromatic heterocycles. The molecule has 1 aliphatic rings. The van der Waals surface area contributed by atoms with Gasteiger partial charge < -0.3 is 10.1 Å². The van der Waals surface area contributed by atoms with E-state index in [-0.39, 0.29) is 23.4 Å². The zero-order valence-corrected chi connectivity index (χ0v) is 17.1. The Morgan fingerprint density at radius 2 is 1.89 bits per heavy atom. The fraction of sp³-hybridized carbons (Fsp3) is 0.556. The number of nitrogens with zero attached hydrogens (tertiary/aromatic N) is 1. The predicted molar refractivity (Wildman–Crippen MR) is 102 cm³/mol. The van der Waals surface area contributed by atoms with Crippen LogP contribution in [0.15, 0.2) is 29.2 Å². The first-order chi connectivity index (χ1) is 12.8. The lowest BCUT2D eigenvalue weighted by Crippen LogP contribution is -2.43. The Hall–Kier alpha value is -1.64. The third kappa shape index (κ3) is 5.43. The monoisotopic (exact) mass is 416 g/mol. The molecule has 0 unspecified atom stereocenters. The summed E-state index contributed by atoms with van der Waals surface area (Å²) in [6, 6.07) is 4.89. The van der Waals surface area contributed by atoms with Crippen molar-refractivity contribution < 1.29 is 22.7 Å². The highest BCUT2D eigenvalue weighted by Crippen LogP contribution is 2.27. The van der Waals surface area contributed by atoms with Crippen LogP contribution >= 0.6 is 11.6 Å². The number of halogens is 1. The maximum atomic E-state index is 12.8. The van der Waals surface area contributed by atoms with Crippen LogP contribution < -0.4 is 5.32 Å². The summed E-state index contributed by atoms with van der Waals surface area (Å²) in [5.74, 6) is -1.09. The lowest BCUT2D eigenvalue weighted by molar-refractivity contribution is -0.151. The largest absolute Gasteiger partial charge is 0.454 e. The van der Waals surface area contributed by atoms with E-state index in [4.69, 9.17) is 16.3 Å². The van der Waals surface area contributed by atoms with Gasteiger partial charge >= 0.3 is 5.97 Å². The Bertz CT molecular complexity index is 762. The topological polar surface area (TPSA) is 92.8 Å². The van der Waals surface area contributed by atoms with Gasteiger partial charge in [0.05, 0.1) is 4.90 Å². The number of hydrogen-bond acceptors (Lipinski definition) is 5. The van der Waals surface area contributed by atoms with Crippen LogP contribution in [0.25, 0.3) is 0 Å². The van der Waals surface area contributed by atoms with Crippen molar-refractivity contribution in [2.45, 2.75) is 56.5 Å². The van der Waals surface area contributed by atoms with E-state index in [0.29, 0.717) is 17.9 Å². The number of sulfonamides is 1. The van der Waals surface area contributed by atoms with E-state index in [1.165, 1.54) is 24.3 Å².